The first-order chi connectivity index (χ1) is 8.20. The second-order valence-electron chi connectivity index (χ2n) is 4.76. The van der Waals surface area contributed by atoms with Crippen molar-refractivity contribution in [2.75, 3.05) is 7.11 Å². The Balaban J connectivity index is 2.02. The molecule has 0 saturated heterocycles. The molecule has 1 unspecified atom stereocenters. The summed E-state index contributed by atoms with van der Waals surface area (Å²) in [6, 6.07) is 5.96. The Hall–Kier alpha value is -1.09. The third kappa shape index (κ3) is 2.97. The number of rotatable bonds is 4. The van der Waals surface area contributed by atoms with Crippen molar-refractivity contribution in [3.05, 3.63) is 29.6 Å². The Labute approximate surface area is 102 Å². The van der Waals surface area contributed by atoms with Gasteiger partial charge >= 0.3 is 0 Å². The molecule has 1 aromatic rings. The van der Waals surface area contributed by atoms with Crippen molar-refractivity contribution < 1.29 is 9.13 Å². The molecule has 1 saturated carbocycles. The molecular weight excluding hydrogens is 217 g/mol. The molecule has 94 valence electrons. The lowest BCUT2D eigenvalue weighted by Gasteiger charge is -2.20. The number of ether oxygens (including phenoxy) is 1. The summed E-state index contributed by atoms with van der Waals surface area (Å²) in [5.74, 6) is 0.0203. The van der Waals surface area contributed by atoms with Crippen LogP contribution in [0.2, 0.25) is 0 Å². The van der Waals surface area contributed by atoms with E-state index in [4.69, 9.17) is 4.74 Å². The van der Waals surface area contributed by atoms with Gasteiger partial charge in [0.05, 0.1) is 7.11 Å². The highest BCUT2D eigenvalue weighted by molar-refractivity contribution is 5.30. The number of methoxy groups -OCH3 is 1. The van der Waals surface area contributed by atoms with Crippen LogP contribution < -0.4 is 10.1 Å². The topological polar surface area (TPSA) is 21.3 Å². The number of benzene rings is 1. The Morgan fingerprint density at radius 2 is 2.06 bits per heavy atom. The lowest BCUT2D eigenvalue weighted by Crippen LogP contribution is -2.28. The van der Waals surface area contributed by atoms with Crippen LogP contribution in [0.5, 0.6) is 5.75 Å². The summed E-state index contributed by atoms with van der Waals surface area (Å²) >= 11 is 0. The van der Waals surface area contributed by atoms with Gasteiger partial charge in [0.25, 0.3) is 0 Å². The molecule has 1 atom stereocenters. The van der Waals surface area contributed by atoms with Gasteiger partial charge in [-0.05, 0) is 37.5 Å². The second-order valence-corrected chi connectivity index (χ2v) is 4.76. The molecule has 0 bridgehead atoms. The van der Waals surface area contributed by atoms with Crippen LogP contribution in [0, 0.1) is 5.82 Å². The average molecular weight is 237 g/mol. The molecule has 1 N–H and O–H groups in total. The third-order valence-electron chi connectivity index (χ3n) is 3.52. The fourth-order valence-electron chi connectivity index (χ4n) is 2.49. The molecule has 0 amide bonds. The predicted octanol–water partition coefficient (Wildman–Crippen LogP) is 3.43. The van der Waals surface area contributed by atoms with E-state index < -0.39 is 0 Å². The van der Waals surface area contributed by atoms with Gasteiger partial charge in [-0.1, -0.05) is 18.9 Å². The van der Waals surface area contributed by atoms with Gasteiger partial charge in [0.1, 0.15) is 0 Å². The van der Waals surface area contributed by atoms with Crippen molar-refractivity contribution in [1.82, 2.24) is 5.32 Å². The molecule has 1 aliphatic carbocycles. The molecule has 1 fully saturated rings. The summed E-state index contributed by atoms with van der Waals surface area (Å²) in [4.78, 5) is 0. The highest BCUT2D eigenvalue weighted by Gasteiger charge is 2.18. The Morgan fingerprint density at radius 1 is 1.35 bits per heavy atom. The summed E-state index contributed by atoms with van der Waals surface area (Å²) in [5, 5.41) is 3.55. The molecular formula is C14H20FNO. The van der Waals surface area contributed by atoms with Crippen molar-refractivity contribution in [3.8, 4) is 5.75 Å². The molecule has 0 aromatic heterocycles. The van der Waals surface area contributed by atoms with Crippen LogP contribution in [-0.4, -0.2) is 13.2 Å². The molecule has 17 heavy (non-hydrogen) atoms. The number of nitrogens with one attached hydrogen (secondary N) is 1. The minimum Gasteiger partial charge on any atom is -0.494 e. The summed E-state index contributed by atoms with van der Waals surface area (Å²) in [6.45, 7) is 2.08. The van der Waals surface area contributed by atoms with E-state index in [9.17, 15) is 4.39 Å². The van der Waals surface area contributed by atoms with Crippen molar-refractivity contribution >= 4 is 0 Å². The van der Waals surface area contributed by atoms with Crippen molar-refractivity contribution in [1.29, 1.82) is 0 Å². The number of hydrogen-bond donors (Lipinski definition) is 1. The van der Waals surface area contributed by atoms with Gasteiger partial charge in [-0.3, -0.25) is 0 Å². The fraction of sp³-hybridized carbons (Fsp3) is 0.571. The van der Waals surface area contributed by atoms with E-state index in [0.717, 1.165) is 5.56 Å². The standard InChI is InChI=1S/C14H20FNO/c1-10(16-12-5-3-4-6-12)11-7-8-14(17-2)13(15)9-11/h7-10,12,16H,3-6H2,1-2H3. The van der Waals surface area contributed by atoms with E-state index in [-0.39, 0.29) is 11.9 Å². The van der Waals surface area contributed by atoms with Crippen LogP contribution in [0.4, 0.5) is 4.39 Å². The first-order valence-corrected chi connectivity index (χ1v) is 6.30. The van der Waals surface area contributed by atoms with Crippen LogP contribution in [0.1, 0.15) is 44.2 Å². The van der Waals surface area contributed by atoms with Crippen LogP contribution in [0.25, 0.3) is 0 Å². The molecule has 0 radical (unpaired) electrons. The zero-order chi connectivity index (χ0) is 12.3. The molecule has 2 rings (SSSR count). The molecule has 1 aliphatic rings. The normalized spacial score (nSPS) is 18.3. The summed E-state index contributed by atoms with van der Waals surface area (Å²) in [6.07, 6.45) is 5.09. The van der Waals surface area contributed by atoms with Crippen molar-refractivity contribution in [2.45, 2.75) is 44.7 Å². The lowest BCUT2D eigenvalue weighted by atomic mass is 10.1. The minimum absolute atomic E-state index is 0.193. The molecule has 1 aromatic carbocycles. The van der Waals surface area contributed by atoms with Gasteiger partial charge in [0, 0.05) is 12.1 Å². The van der Waals surface area contributed by atoms with Crippen LogP contribution in [0.15, 0.2) is 18.2 Å². The molecule has 2 nitrogen and oxygen atoms in total. The van der Waals surface area contributed by atoms with Gasteiger partial charge < -0.3 is 10.1 Å². The molecule has 0 spiro atoms. The van der Waals surface area contributed by atoms with E-state index in [1.54, 1.807) is 12.1 Å². The van der Waals surface area contributed by atoms with E-state index in [0.29, 0.717) is 11.8 Å². The molecule has 0 heterocycles. The van der Waals surface area contributed by atoms with E-state index in [2.05, 4.69) is 12.2 Å². The smallest absolute Gasteiger partial charge is 0.165 e. The zero-order valence-electron chi connectivity index (χ0n) is 10.5. The largest absolute Gasteiger partial charge is 0.494 e. The van der Waals surface area contributed by atoms with Crippen molar-refractivity contribution in [3.63, 3.8) is 0 Å². The van der Waals surface area contributed by atoms with Crippen LogP contribution in [0.3, 0.4) is 0 Å². The molecule has 3 heteroatoms. The first-order valence-electron chi connectivity index (χ1n) is 6.30. The molecule has 0 aliphatic heterocycles. The van der Waals surface area contributed by atoms with Crippen LogP contribution >= 0.6 is 0 Å². The minimum atomic E-state index is -0.287. The van der Waals surface area contributed by atoms with E-state index >= 15 is 0 Å². The Morgan fingerprint density at radius 3 is 2.65 bits per heavy atom. The fourth-order valence-corrected chi connectivity index (χ4v) is 2.49. The maximum absolute atomic E-state index is 13.6. The van der Waals surface area contributed by atoms with Gasteiger partial charge in [-0.2, -0.15) is 0 Å². The van der Waals surface area contributed by atoms with E-state index in [1.165, 1.54) is 32.8 Å². The third-order valence-corrected chi connectivity index (χ3v) is 3.52. The zero-order valence-corrected chi connectivity index (χ0v) is 10.5. The van der Waals surface area contributed by atoms with E-state index in [1.807, 2.05) is 6.07 Å². The van der Waals surface area contributed by atoms with Gasteiger partial charge in [-0.15, -0.1) is 0 Å². The maximum Gasteiger partial charge on any atom is 0.165 e. The summed E-state index contributed by atoms with van der Waals surface area (Å²) in [7, 11) is 1.48. The number of halogens is 1. The van der Waals surface area contributed by atoms with Gasteiger partial charge in [0.2, 0.25) is 0 Å². The Kier molecular flexibility index (Phi) is 4.00. The monoisotopic (exact) mass is 237 g/mol. The van der Waals surface area contributed by atoms with Gasteiger partial charge in [0.15, 0.2) is 11.6 Å². The first kappa shape index (κ1) is 12.4. The average Bonchev–Trinajstić information content (AvgIpc) is 2.81. The van der Waals surface area contributed by atoms with Crippen molar-refractivity contribution in [2.24, 2.45) is 0 Å². The lowest BCUT2D eigenvalue weighted by molar-refractivity contribution is 0.385. The maximum atomic E-state index is 13.6. The quantitative estimate of drug-likeness (QED) is 0.866. The van der Waals surface area contributed by atoms with Gasteiger partial charge in [-0.25, -0.2) is 4.39 Å². The Bertz CT molecular complexity index is 374. The summed E-state index contributed by atoms with van der Waals surface area (Å²) in [5.41, 5.74) is 0.982. The predicted molar refractivity (Wildman–Crippen MR) is 66.8 cm³/mol. The second kappa shape index (κ2) is 5.50. The summed E-state index contributed by atoms with van der Waals surface area (Å²) < 4.78 is 18.5. The number of hydrogen-bond acceptors (Lipinski definition) is 2. The SMILES string of the molecule is COc1ccc(C(C)NC2CCCC2)cc1F. The van der Waals surface area contributed by atoms with Crippen LogP contribution in [-0.2, 0) is 0 Å². The highest BCUT2D eigenvalue weighted by atomic mass is 19.1. The highest BCUT2D eigenvalue weighted by Crippen LogP contribution is 2.24.